The SMILES string of the molecule is N#Cc1[nH]ncc1-c1nc(N2CCCCC2)no1. The Balaban J connectivity index is 1.87. The van der Waals surface area contributed by atoms with Crippen LogP contribution in [0.4, 0.5) is 5.95 Å². The zero-order valence-corrected chi connectivity index (χ0v) is 9.76. The third kappa shape index (κ3) is 1.82. The molecule has 0 radical (unpaired) electrons. The Morgan fingerprint density at radius 1 is 1.33 bits per heavy atom. The van der Waals surface area contributed by atoms with E-state index in [1.165, 1.54) is 12.6 Å². The van der Waals surface area contributed by atoms with Gasteiger partial charge in [0.15, 0.2) is 0 Å². The molecular weight excluding hydrogens is 232 g/mol. The number of anilines is 1. The van der Waals surface area contributed by atoms with E-state index in [0.29, 0.717) is 23.1 Å². The molecule has 1 fully saturated rings. The number of hydrogen-bond donors (Lipinski definition) is 1. The Bertz CT molecular complexity index is 574. The first-order chi connectivity index (χ1) is 8.88. The van der Waals surface area contributed by atoms with Crippen molar-refractivity contribution in [1.82, 2.24) is 20.3 Å². The summed E-state index contributed by atoms with van der Waals surface area (Å²) in [5, 5.41) is 19.3. The van der Waals surface area contributed by atoms with Crippen LogP contribution in [-0.4, -0.2) is 33.4 Å². The van der Waals surface area contributed by atoms with Gasteiger partial charge < -0.3 is 9.42 Å². The Hall–Kier alpha value is -2.36. The summed E-state index contributed by atoms with van der Waals surface area (Å²) in [4.78, 5) is 6.42. The van der Waals surface area contributed by atoms with E-state index in [4.69, 9.17) is 9.78 Å². The summed E-state index contributed by atoms with van der Waals surface area (Å²) in [7, 11) is 0. The second-order valence-corrected chi connectivity index (χ2v) is 4.22. The van der Waals surface area contributed by atoms with Crippen LogP contribution < -0.4 is 4.90 Å². The highest BCUT2D eigenvalue weighted by atomic mass is 16.5. The summed E-state index contributed by atoms with van der Waals surface area (Å²) in [6, 6.07) is 2.00. The van der Waals surface area contributed by atoms with Gasteiger partial charge in [-0.1, -0.05) is 0 Å². The van der Waals surface area contributed by atoms with Crippen molar-refractivity contribution in [3.63, 3.8) is 0 Å². The van der Waals surface area contributed by atoms with Crippen molar-refractivity contribution in [2.45, 2.75) is 19.3 Å². The van der Waals surface area contributed by atoms with Crippen molar-refractivity contribution in [3.8, 4) is 17.5 Å². The van der Waals surface area contributed by atoms with Gasteiger partial charge in [-0.05, 0) is 24.4 Å². The van der Waals surface area contributed by atoms with E-state index in [1.54, 1.807) is 0 Å². The molecule has 2 aromatic heterocycles. The van der Waals surface area contributed by atoms with Crippen LogP contribution >= 0.6 is 0 Å². The monoisotopic (exact) mass is 244 g/mol. The summed E-state index contributed by atoms with van der Waals surface area (Å²) in [5.74, 6) is 0.927. The largest absolute Gasteiger partial charge is 0.338 e. The maximum atomic E-state index is 8.90. The fraction of sp³-hybridized carbons (Fsp3) is 0.455. The third-order valence-corrected chi connectivity index (χ3v) is 3.04. The third-order valence-electron chi connectivity index (χ3n) is 3.04. The molecule has 1 aliphatic rings. The van der Waals surface area contributed by atoms with E-state index < -0.39 is 0 Å². The fourth-order valence-corrected chi connectivity index (χ4v) is 2.08. The molecule has 0 saturated carbocycles. The van der Waals surface area contributed by atoms with Crippen LogP contribution in [0.25, 0.3) is 11.5 Å². The number of piperidine rings is 1. The van der Waals surface area contributed by atoms with Crippen LogP contribution in [-0.2, 0) is 0 Å². The molecule has 7 nitrogen and oxygen atoms in total. The number of aromatic amines is 1. The topological polar surface area (TPSA) is 94.6 Å². The molecule has 92 valence electrons. The predicted octanol–water partition coefficient (Wildman–Crippen LogP) is 1.32. The first kappa shape index (κ1) is 10.8. The summed E-state index contributed by atoms with van der Waals surface area (Å²) >= 11 is 0. The summed E-state index contributed by atoms with van der Waals surface area (Å²) in [6.45, 7) is 1.91. The first-order valence-corrected chi connectivity index (χ1v) is 5.91. The highest BCUT2D eigenvalue weighted by Crippen LogP contribution is 2.23. The average Bonchev–Trinajstić information content (AvgIpc) is 3.08. The molecular formula is C11H12N6O. The average molecular weight is 244 g/mol. The molecule has 18 heavy (non-hydrogen) atoms. The molecule has 1 N–H and O–H groups in total. The highest BCUT2D eigenvalue weighted by molar-refractivity contribution is 5.60. The first-order valence-electron chi connectivity index (χ1n) is 5.91. The van der Waals surface area contributed by atoms with E-state index in [-0.39, 0.29) is 0 Å². The Morgan fingerprint density at radius 3 is 2.94 bits per heavy atom. The molecule has 0 aromatic carbocycles. The van der Waals surface area contributed by atoms with Gasteiger partial charge in [-0.25, -0.2) is 0 Å². The van der Waals surface area contributed by atoms with Gasteiger partial charge in [-0.15, -0.1) is 0 Å². The number of nitriles is 1. The number of H-pyrrole nitrogens is 1. The predicted molar refractivity (Wildman–Crippen MR) is 62.7 cm³/mol. The van der Waals surface area contributed by atoms with E-state index in [1.807, 2.05) is 6.07 Å². The fourth-order valence-electron chi connectivity index (χ4n) is 2.08. The Kier molecular flexibility index (Phi) is 2.68. The molecule has 0 bridgehead atoms. The second-order valence-electron chi connectivity index (χ2n) is 4.22. The van der Waals surface area contributed by atoms with Crippen LogP contribution in [0.3, 0.4) is 0 Å². The molecule has 0 spiro atoms. The van der Waals surface area contributed by atoms with Crippen molar-refractivity contribution >= 4 is 5.95 Å². The minimum absolute atomic E-state index is 0.334. The minimum atomic E-state index is 0.334. The van der Waals surface area contributed by atoms with Gasteiger partial charge in [0, 0.05) is 13.1 Å². The lowest BCUT2D eigenvalue weighted by Crippen LogP contribution is -2.30. The van der Waals surface area contributed by atoms with Crippen molar-refractivity contribution in [2.24, 2.45) is 0 Å². The van der Waals surface area contributed by atoms with Gasteiger partial charge in [-0.2, -0.15) is 15.3 Å². The quantitative estimate of drug-likeness (QED) is 0.856. The van der Waals surface area contributed by atoms with Gasteiger partial charge in [0.2, 0.25) is 0 Å². The van der Waals surface area contributed by atoms with E-state index in [9.17, 15) is 0 Å². The Morgan fingerprint density at radius 2 is 2.17 bits per heavy atom. The van der Waals surface area contributed by atoms with Crippen LogP contribution in [0, 0.1) is 11.3 Å². The summed E-state index contributed by atoms with van der Waals surface area (Å²) in [5.41, 5.74) is 0.886. The van der Waals surface area contributed by atoms with Gasteiger partial charge in [-0.3, -0.25) is 5.10 Å². The van der Waals surface area contributed by atoms with Crippen molar-refractivity contribution in [3.05, 3.63) is 11.9 Å². The van der Waals surface area contributed by atoms with Gasteiger partial charge in [0.25, 0.3) is 11.8 Å². The lowest BCUT2D eigenvalue weighted by Gasteiger charge is -2.24. The molecule has 0 atom stereocenters. The van der Waals surface area contributed by atoms with Gasteiger partial charge >= 0.3 is 0 Å². The number of nitrogens with zero attached hydrogens (tertiary/aromatic N) is 5. The molecule has 0 aliphatic carbocycles. The molecule has 1 saturated heterocycles. The van der Waals surface area contributed by atoms with Crippen LogP contribution in [0.5, 0.6) is 0 Å². The Labute approximate surface area is 103 Å². The van der Waals surface area contributed by atoms with Crippen LogP contribution in [0.15, 0.2) is 10.7 Å². The smallest absolute Gasteiger partial charge is 0.266 e. The normalized spacial score (nSPS) is 15.6. The van der Waals surface area contributed by atoms with Gasteiger partial charge in [0.05, 0.1) is 11.8 Å². The second kappa shape index (κ2) is 4.49. The number of aromatic nitrogens is 4. The zero-order valence-electron chi connectivity index (χ0n) is 9.76. The van der Waals surface area contributed by atoms with E-state index in [0.717, 1.165) is 25.9 Å². The maximum absolute atomic E-state index is 8.90. The number of rotatable bonds is 2. The molecule has 1 aliphatic heterocycles. The highest BCUT2D eigenvalue weighted by Gasteiger charge is 2.19. The molecule has 3 rings (SSSR count). The van der Waals surface area contributed by atoms with E-state index in [2.05, 4.69) is 25.2 Å². The lowest BCUT2D eigenvalue weighted by molar-refractivity contribution is 0.426. The summed E-state index contributed by atoms with van der Waals surface area (Å²) in [6.07, 6.45) is 5.08. The molecule has 0 unspecified atom stereocenters. The molecule has 3 heterocycles. The van der Waals surface area contributed by atoms with Crippen molar-refractivity contribution in [2.75, 3.05) is 18.0 Å². The van der Waals surface area contributed by atoms with Crippen LogP contribution in [0.1, 0.15) is 25.0 Å². The molecule has 7 heteroatoms. The maximum Gasteiger partial charge on any atom is 0.266 e. The number of nitrogens with one attached hydrogen (secondary N) is 1. The molecule has 2 aromatic rings. The van der Waals surface area contributed by atoms with E-state index >= 15 is 0 Å². The summed E-state index contributed by atoms with van der Waals surface area (Å²) < 4.78 is 5.19. The van der Waals surface area contributed by atoms with Crippen molar-refractivity contribution < 1.29 is 4.52 Å². The standard InChI is InChI=1S/C11H12N6O/c12-6-9-8(7-13-15-9)10-14-11(16-18-10)17-4-2-1-3-5-17/h7H,1-5H2,(H,13,15). The lowest BCUT2D eigenvalue weighted by atomic mass is 10.1. The van der Waals surface area contributed by atoms with Gasteiger partial charge in [0.1, 0.15) is 11.8 Å². The molecule has 0 amide bonds. The van der Waals surface area contributed by atoms with Crippen LogP contribution in [0.2, 0.25) is 0 Å². The number of hydrogen-bond acceptors (Lipinski definition) is 6. The van der Waals surface area contributed by atoms with Crippen molar-refractivity contribution in [1.29, 1.82) is 5.26 Å². The zero-order chi connectivity index (χ0) is 12.4. The minimum Gasteiger partial charge on any atom is -0.338 e.